The highest BCUT2D eigenvalue weighted by Gasteiger charge is 2.12. The summed E-state index contributed by atoms with van der Waals surface area (Å²) >= 11 is 6.56. The van der Waals surface area contributed by atoms with E-state index >= 15 is 0 Å². The van der Waals surface area contributed by atoms with Crippen molar-refractivity contribution in [3.63, 3.8) is 0 Å². The number of anilines is 1. The van der Waals surface area contributed by atoms with Crippen molar-refractivity contribution in [3.05, 3.63) is 40.3 Å². The molecule has 2 N–H and O–H groups in total. The molecule has 0 bridgehead atoms. The first-order chi connectivity index (χ1) is 8.56. The van der Waals surface area contributed by atoms with Crippen molar-refractivity contribution in [2.75, 3.05) is 5.32 Å². The number of thiophene rings is 1. The highest BCUT2D eigenvalue weighted by Crippen LogP contribution is 2.22. The van der Waals surface area contributed by atoms with Crippen LogP contribution in [0.25, 0.3) is 0 Å². The Kier molecular flexibility index (Phi) is 3.54. The standard InChI is InChI=1S/C10H6ClN3O3S/c11-7-4-12-3-5(13-7)9(15)14-8-2-1-6(18-8)10(16)17/h1-4H,(H,14,15)(H,16,17). The maximum atomic E-state index is 11.7. The molecule has 2 rings (SSSR count). The molecule has 18 heavy (non-hydrogen) atoms. The van der Waals surface area contributed by atoms with Gasteiger partial charge in [-0.15, -0.1) is 11.3 Å². The molecule has 0 aliphatic rings. The van der Waals surface area contributed by atoms with Gasteiger partial charge in [-0.05, 0) is 12.1 Å². The summed E-state index contributed by atoms with van der Waals surface area (Å²) in [5.74, 6) is -1.54. The molecule has 8 heteroatoms. The quantitative estimate of drug-likeness (QED) is 0.900. The lowest BCUT2D eigenvalue weighted by molar-refractivity contribution is 0.0702. The predicted octanol–water partition coefficient (Wildman–Crippen LogP) is 2.14. The van der Waals surface area contributed by atoms with Crippen LogP contribution in [0.5, 0.6) is 0 Å². The summed E-state index contributed by atoms with van der Waals surface area (Å²) in [5.41, 5.74) is 0.0628. The molecule has 0 radical (unpaired) electrons. The van der Waals surface area contributed by atoms with Crippen molar-refractivity contribution in [2.45, 2.75) is 0 Å². The maximum Gasteiger partial charge on any atom is 0.345 e. The number of carboxylic acid groups (broad SMARTS) is 1. The molecule has 6 nitrogen and oxygen atoms in total. The van der Waals surface area contributed by atoms with Crippen LogP contribution in [0.4, 0.5) is 5.00 Å². The van der Waals surface area contributed by atoms with E-state index in [1.54, 1.807) is 0 Å². The van der Waals surface area contributed by atoms with E-state index in [-0.39, 0.29) is 15.7 Å². The molecule has 0 aliphatic carbocycles. The SMILES string of the molecule is O=C(Nc1ccc(C(=O)O)s1)c1cncc(Cl)n1. The average molecular weight is 284 g/mol. The van der Waals surface area contributed by atoms with Gasteiger partial charge in [-0.25, -0.2) is 9.78 Å². The van der Waals surface area contributed by atoms with Gasteiger partial charge in [-0.3, -0.25) is 9.78 Å². The van der Waals surface area contributed by atoms with Crippen LogP contribution in [0.15, 0.2) is 24.5 Å². The zero-order chi connectivity index (χ0) is 13.1. The third-order valence-corrected chi connectivity index (χ3v) is 3.06. The molecule has 0 atom stereocenters. The minimum absolute atomic E-state index is 0.0628. The molecule has 0 spiro atoms. The van der Waals surface area contributed by atoms with E-state index in [0.717, 1.165) is 11.3 Å². The van der Waals surface area contributed by atoms with E-state index in [9.17, 15) is 9.59 Å². The summed E-state index contributed by atoms with van der Waals surface area (Å²) in [6.07, 6.45) is 2.58. The number of hydrogen-bond acceptors (Lipinski definition) is 5. The number of carbonyl (C=O) groups is 2. The summed E-state index contributed by atoms with van der Waals surface area (Å²) in [6, 6.07) is 2.91. The van der Waals surface area contributed by atoms with Gasteiger partial charge >= 0.3 is 5.97 Å². The number of nitrogens with one attached hydrogen (secondary N) is 1. The number of halogens is 1. The maximum absolute atomic E-state index is 11.7. The molecule has 1 amide bonds. The molecule has 2 heterocycles. The van der Waals surface area contributed by atoms with Crippen LogP contribution in [-0.4, -0.2) is 27.0 Å². The van der Waals surface area contributed by atoms with Gasteiger partial charge < -0.3 is 10.4 Å². The second-order valence-electron chi connectivity index (χ2n) is 3.15. The number of aromatic nitrogens is 2. The van der Waals surface area contributed by atoms with E-state index < -0.39 is 11.9 Å². The topological polar surface area (TPSA) is 92.2 Å². The number of carboxylic acids is 1. The van der Waals surface area contributed by atoms with Gasteiger partial charge in [0.2, 0.25) is 0 Å². The summed E-state index contributed by atoms with van der Waals surface area (Å²) in [5, 5.41) is 11.8. The lowest BCUT2D eigenvalue weighted by Crippen LogP contribution is -2.13. The fourth-order valence-corrected chi connectivity index (χ4v) is 2.04. The van der Waals surface area contributed by atoms with Crippen molar-refractivity contribution < 1.29 is 14.7 Å². The fraction of sp³-hybridized carbons (Fsp3) is 0. The van der Waals surface area contributed by atoms with Crippen molar-refractivity contribution in [2.24, 2.45) is 0 Å². The van der Waals surface area contributed by atoms with Crippen molar-refractivity contribution in [1.29, 1.82) is 0 Å². The Bertz CT molecular complexity index is 614. The minimum Gasteiger partial charge on any atom is -0.477 e. The Hall–Kier alpha value is -1.99. The van der Waals surface area contributed by atoms with Crippen molar-refractivity contribution in [3.8, 4) is 0 Å². The van der Waals surface area contributed by atoms with Crippen molar-refractivity contribution >= 4 is 39.8 Å². The number of carbonyl (C=O) groups excluding carboxylic acids is 1. The molecule has 0 saturated heterocycles. The molecule has 92 valence electrons. The second-order valence-corrected chi connectivity index (χ2v) is 4.62. The van der Waals surface area contributed by atoms with E-state index in [1.165, 1.54) is 24.5 Å². The smallest absolute Gasteiger partial charge is 0.345 e. The summed E-state index contributed by atoms with van der Waals surface area (Å²) in [6.45, 7) is 0. The van der Waals surface area contributed by atoms with E-state index in [1.807, 2.05) is 0 Å². The first-order valence-electron chi connectivity index (χ1n) is 4.68. The Morgan fingerprint density at radius 1 is 1.33 bits per heavy atom. The van der Waals surface area contributed by atoms with Crippen LogP contribution in [0, 0.1) is 0 Å². The minimum atomic E-state index is -1.04. The number of hydrogen-bond donors (Lipinski definition) is 2. The largest absolute Gasteiger partial charge is 0.477 e. The van der Waals surface area contributed by atoms with Gasteiger partial charge in [0.15, 0.2) is 0 Å². The van der Waals surface area contributed by atoms with Crippen LogP contribution >= 0.6 is 22.9 Å². The molecule has 0 fully saturated rings. The van der Waals surface area contributed by atoms with E-state index in [4.69, 9.17) is 16.7 Å². The van der Waals surface area contributed by atoms with Crippen LogP contribution in [0.3, 0.4) is 0 Å². The van der Waals surface area contributed by atoms with Crippen molar-refractivity contribution in [1.82, 2.24) is 9.97 Å². The number of nitrogens with zero attached hydrogens (tertiary/aromatic N) is 2. The lowest BCUT2D eigenvalue weighted by Gasteiger charge is -2.00. The predicted molar refractivity (Wildman–Crippen MR) is 66.3 cm³/mol. The van der Waals surface area contributed by atoms with Gasteiger partial charge in [0.1, 0.15) is 15.7 Å². The van der Waals surface area contributed by atoms with Gasteiger partial charge in [0, 0.05) is 0 Å². The van der Waals surface area contributed by atoms with Gasteiger partial charge in [-0.2, -0.15) is 0 Å². The number of aromatic carboxylic acids is 1. The molecule has 0 aliphatic heterocycles. The highest BCUT2D eigenvalue weighted by atomic mass is 35.5. The summed E-state index contributed by atoms with van der Waals surface area (Å²) in [4.78, 5) is 30.1. The molecular formula is C10H6ClN3O3S. The molecule has 0 unspecified atom stereocenters. The Balaban J connectivity index is 2.13. The van der Waals surface area contributed by atoms with Crippen LogP contribution in [-0.2, 0) is 0 Å². The second kappa shape index (κ2) is 5.11. The molecule has 0 saturated carbocycles. The number of amides is 1. The molecule has 0 aromatic carbocycles. The lowest BCUT2D eigenvalue weighted by atomic mass is 10.4. The normalized spacial score (nSPS) is 10.1. The molecular weight excluding hydrogens is 278 g/mol. The third-order valence-electron chi connectivity index (χ3n) is 1.89. The molecule has 2 aromatic heterocycles. The number of rotatable bonds is 3. The summed E-state index contributed by atoms with van der Waals surface area (Å²) in [7, 11) is 0. The first kappa shape index (κ1) is 12.5. The van der Waals surface area contributed by atoms with Crippen LogP contribution < -0.4 is 5.32 Å². The van der Waals surface area contributed by atoms with Gasteiger partial charge in [0.25, 0.3) is 5.91 Å². The van der Waals surface area contributed by atoms with Gasteiger partial charge in [0.05, 0.1) is 17.4 Å². The fourth-order valence-electron chi connectivity index (χ4n) is 1.15. The average Bonchev–Trinajstić information content (AvgIpc) is 2.77. The monoisotopic (exact) mass is 283 g/mol. The molecule has 2 aromatic rings. The van der Waals surface area contributed by atoms with E-state index in [2.05, 4.69) is 15.3 Å². The van der Waals surface area contributed by atoms with Crippen LogP contribution in [0.1, 0.15) is 20.2 Å². The Labute approximate surface area is 110 Å². The van der Waals surface area contributed by atoms with Gasteiger partial charge in [-0.1, -0.05) is 11.6 Å². The highest BCUT2D eigenvalue weighted by molar-refractivity contribution is 7.18. The van der Waals surface area contributed by atoms with E-state index in [0.29, 0.717) is 5.00 Å². The third kappa shape index (κ3) is 2.82. The summed E-state index contributed by atoms with van der Waals surface area (Å²) < 4.78 is 0. The Morgan fingerprint density at radius 2 is 2.11 bits per heavy atom. The first-order valence-corrected chi connectivity index (χ1v) is 5.88. The zero-order valence-electron chi connectivity index (χ0n) is 8.75. The Morgan fingerprint density at radius 3 is 2.72 bits per heavy atom. The zero-order valence-corrected chi connectivity index (χ0v) is 10.3. The van der Waals surface area contributed by atoms with Crippen LogP contribution in [0.2, 0.25) is 5.15 Å².